The molecule has 1 atom stereocenters. The zero-order chi connectivity index (χ0) is 13.2. The largest absolute Gasteiger partial charge is 0.378 e. The molecule has 1 saturated heterocycles. The maximum atomic E-state index is 5.66. The third-order valence-corrected chi connectivity index (χ3v) is 3.81. The predicted octanol–water partition coefficient (Wildman–Crippen LogP) is 0.990. The molecule has 0 aliphatic carbocycles. The molecular weight excluding hydrogens is 266 g/mol. The highest BCUT2D eigenvalue weighted by atomic mass is 32.1. The maximum absolute atomic E-state index is 5.66. The van der Waals surface area contributed by atoms with Gasteiger partial charge in [0.25, 0.3) is 0 Å². The Hall–Kier alpha value is -1.51. The number of nitrogen functional groups attached to an aromatic ring is 1. The molecule has 8 heteroatoms. The van der Waals surface area contributed by atoms with Gasteiger partial charge in [0, 0.05) is 24.2 Å². The van der Waals surface area contributed by atoms with Crippen molar-refractivity contribution in [3.8, 4) is 0 Å². The molecule has 1 unspecified atom stereocenters. The quantitative estimate of drug-likeness (QED) is 0.897. The Morgan fingerprint density at radius 2 is 2.47 bits per heavy atom. The second-order valence-electron chi connectivity index (χ2n) is 4.41. The van der Waals surface area contributed by atoms with Crippen molar-refractivity contribution in [3.05, 3.63) is 22.8 Å². The summed E-state index contributed by atoms with van der Waals surface area (Å²) in [6, 6.07) is -0.00160. The smallest absolute Gasteiger partial charge is 0.246 e. The maximum Gasteiger partial charge on any atom is 0.246 e. The van der Waals surface area contributed by atoms with Crippen molar-refractivity contribution in [2.75, 3.05) is 25.5 Å². The number of hydrogen-bond donors (Lipinski definition) is 1. The first kappa shape index (κ1) is 12.5. The normalized spacial score (nSPS) is 20.8. The minimum Gasteiger partial charge on any atom is -0.378 e. The van der Waals surface area contributed by atoms with E-state index in [2.05, 4.69) is 20.0 Å². The van der Waals surface area contributed by atoms with Crippen molar-refractivity contribution >= 4 is 16.5 Å². The van der Waals surface area contributed by atoms with Gasteiger partial charge >= 0.3 is 0 Å². The molecule has 0 amide bonds. The van der Waals surface area contributed by atoms with Gasteiger partial charge in [-0.05, 0) is 6.92 Å². The lowest BCUT2D eigenvalue weighted by atomic mass is 10.2. The van der Waals surface area contributed by atoms with E-state index in [9.17, 15) is 0 Å². The lowest BCUT2D eigenvalue weighted by Crippen LogP contribution is -2.39. The molecule has 1 fully saturated rings. The van der Waals surface area contributed by atoms with Gasteiger partial charge in [0.2, 0.25) is 5.89 Å². The molecule has 0 bridgehead atoms. The van der Waals surface area contributed by atoms with E-state index < -0.39 is 0 Å². The van der Waals surface area contributed by atoms with E-state index in [0.717, 1.165) is 18.0 Å². The van der Waals surface area contributed by atoms with E-state index in [1.807, 2.05) is 13.1 Å². The third kappa shape index (κ3) is 2.75. The molecule has 3 rings (SSSR count). The standard InChI is InChI=1S/C11H15N5O2S/c1-7-14-10(18-15-7)9-6-17-3-2-16(9)5-8-4-13-11(12)19-8/h4,9H,2-3,5-6H2,1H3,(H2,12,13). The summed E-state index contributed by atoms with van der Waals surface area (Å²) in [6.45, 7) is 4.67. The predicted molar refractivity (Wildman–Crippen MR) is 69.5 cm³/mol. The average Bonchev–Trinajstić information content (AvgIpc) is 2.99. The van der Waals surface area contributed by atoms with Crippen LogP contribution in [0.15, 0.2) is 10.7 Å². The van der Waals surface area contributed by atoms with E-state index in [1.54, 1.807) is 0 Å². The van der Waals surface area contributed by atoms with Crippen LogP contribution in [0.25, 0.3) is 0 Å². The number of nitrogens with zero attached hydrogens (tertiary/aromatic N) is 4. The van der Waals surface area contributed by atoms with Gasteiger partial charge in [-0.2, -0.15) is 4.98 Å². The molecule has 19 heavy (non-hydrogen) atoms. The molecule has 7 nitrogen and oxygen atoms in total. The summed E-state index contributed by atoms with van der Waals surface area (Å²) < 4.78 is 10.8. The number of hydrogen-bond acceptors (Lipinski definition) is 8. The summed E-state index contributed by atoms with van der Waals surface area (Å²) in [7, 11) is 0. The van der Waals surface area contributed by atoms with Crippen LogP contribution < -0.4 is 5.73 Å². The summed E-state index contributed by atoms with van der Waals surface area (Å²) in [5.74, 6) is 1.25. The summed E-state index contributed by atoms with van der Waals surface area (Å²) in [6.07, 6.45) is 1.81. The first-order valence-electron chi connectivity index (χ1n) is 6.04. The summed E-state index contributed by atoms with van der Waals surface area (Å²) >= 11 is 1.50. The SMILES string of the molecule is Cc1noc(C2COCCN2Cc2cnc(N)s2)n1. The van der Waals surface area contributed by atoms with E-state index >= 15 is 0 Å². The lowest BCUT2D eigenvalue weighted by molar-refractivity contribution is -0.0236. The fourth-order valence-electron chi connectivity index (χ4n) is 2.10. The fraction of sp³-hybridized carbons (Fsp3) is 0.545. The number of ether oxygens (including phenoxy) is 1. The number of anilines is 1. The van der Waals surface area contributed by atoms with Crippen molar-refractivity contribution in [2.24, 2.45) is 0 Å². The number of aryl methyl sites for hydroxylation is 1. The van der Waals surface area contributed by atoms with Crippen molar-refractivity contribution < 1.29 is 9.26 Å². The molecule has 3 heterocycles. The molecule has 0 saturated carbocycles. The molecule has 102 valence electrons. The second-order valence-corrected chi connectivity index (χ2v) is 5.55. The number of nitrogens with two attached hydrogens (primary N) is 1. The molecule has 2 aromatic heterocycles. The van der Waals surface area contributed by atoms with Crippen molar-refractivity contribution in [2.45, 2.75) is 19.5 Å². The second kappa shape index (κ2) is 5.24. The molecular formula is C11H15N5O2S. The zero-order valence-electron chi connectivity index (χ0n) is 10.6. The lowest BCUT2D eigenvalue weighted by Gasteiger charge is -2.32. The van der Waals surface area contributed by atoms with Crippen LogP contribution in [0.5, 0.6) is 0 Å². The van der Waals surface area contributed by atoms with Gasteiger partial charge in [0.1, 0.15) is 6.04 Å². The van der Waals surface area contributed by atoms with Gasteiger partial charge in [-0.25, -0.2) is 4.98 Å². The number of thiazole rings is 1. The average molecular weight is 281 g/mol. The van der Waals surface area contributed by atoms with Crippen LogP contribution in [0.1, 0.15) is 22.6 Å². The van der Waals surface area contributed by atoms with Gasteiger partial charge < -0.3 is 15.0 Å². The fourth-order valence-corrected chi connectivity index (χ4v) is 2.81. The van der Waals surface area contributed by atoms with Gasteiger partial charge in [-0.1, -0.05) is 5.16 Å². The highest BCUT2D eigenvalue weighted by molar-refractivity contribution is 7.15. The van der Waals surface area contributed by atoms with Crippen LogP contribution in [0.3, 0.4) is 0 Å². The van der Waals surface area contributed by atoms with Crippen LogP contribution in [0.2, 0.25) is 0 Å². The molecule has 2 aromatic rings. The van der Waals surface area contributed by atoms with Crippen molar-refractivity contribution in [1.29, 1.82) is 0 Å². The monoisotopic (exact) mass is 281 g/mol. The third-order valence-electron chi connectivity index (χ3n) is 3.00. The van der Waals surface area contributed by atoms with Gasteiger partial charge in [-0.3, -0.25) is 4.90 Å². The molecule has 0 radical (unpaired) electrons. The molecule has 0 spiro atoms. The molecule has 1 aliphatic heterocycles. The summed E-state index contributed by atoms with van der Waals surface area (Å²) in [5, 5.41) is 4.43. The topological polar surface area (TPSA) is 90.3 Å². The van der Waals surface area contributed by atoms with Crippen LogP contribution in [-0.2, 0) is 11.3 Å². The zero-order valence-corrected chi connectivity index (χ0v) is 11.4. The summed E-state index contributed by atoms with van der Waals surface area (Å²) in [4.78, 5) is 11.7. The Balaban J connectivity index is 1.77. The Kier molecular flexibility index (Phi) is 3.45. The minimum atomic E-state index is -0.00160. The van der Waals surface area contributed by atoms with Crippen LogP contribution >= 0.6 is 11.3 Å². The van der Waals surface area contributed by atoms with Crippen LogP contribution in [0, 0.1) is 6.92 Å². The molecule has 0 aromatic carbocycles. The van der Waals surface area contributed by atoms with E-state index in [0.29, 0.717) is 30.1 Å². The van der Waals surface area contributed by atoms with Crippen LogP contribution in [-0.4, -0.2) is 39.8 Å². The first-order chi connectivity index (χ1) is 9.22. The summed E-state index contributed by atoms with van der Waals surface area (Å²) in [5.41, 5.74) is 5.66. The van der Waals surface area contributed by atoms with Gasteiger partial charge in [-0.15, -0.1) is 11.3 Å². The Morgan fingerprint density at radius 1 is 1.58 bits per heavy atom. The van der Waals surface area contributed by atoms with Crippen molar-refractivity contribution in [1.82, 2.24) is 20.0 Å². The Bertz CT molecular complexity index is 555. The molecule has 2 N–H and O–H groups in total. The van der Waals surface area contributed by atoms with Crippen molar-refractivity contribution in [3.63, 3.8) is 0 Å². The first-order valence-corrected chi connectivity index (χ1v) is 6.86. The Labute approximate surface area is 114 Å². The van der Waals surface area contributed by atoms with E-state index in [4.69, 9.17) is 15.0 Å². The van der Waals surface area contributed by atoms with Crippen LogP contribution in [0.4, 0.5) is 5.13 Å². The van der Waals surface area contributed by atoms with E-state index in [-0.39, 0.29) is 6.04 Å². The number of rotatable bonds is 3. The van der Waals surface area contributed by atoms with Gasteiger partial charge in [0.05, 0.1) is 13.2 Å². The number of morpholine rings is 1. The van der Waals surface area contributed by atoms with E-state index in [1.165, 1.54) is 11.3 Å². The molecule has 1 aliphatic rings. The highest BCUT2D eigenvalue weighted by Crippen LogP contribution is 2.26. The minimum absolute atomic E-state index is 0.00160. The highest BCUT2D eigenvalue weighted by Gasteiger charge is 2.29. The number of aromatic nitrogens is 3. The Morgan fingerprint density at radius 3 is 3.16 bits per heavy atom. The van der Waals surface area contributed by atoms with Gasteiger partial charge in [0.15, 0.2) is 11.0 Å².